The third kappa shape index (κ3) is 3.92. The van der Waals surface area contributed by atoms with Gasteiger partial charge in [-0.1, -0.05) is 61.7 Å². The number of para-hydroxylation sites is 2. The summed E-state index contributed by atoms with van der Waals surface area (Å²) in [5.41, 5.74) is 2.66. The lowest BCUT2D eigenvalue weighted by Gasteiger charge is -2.23. The molecule has 5 rings (SSSR count). The molecule has 32 heavy (non-hydrogen) atoms. The number of nitrogens with zero attached hydrogens (tertiary/aromatic N) is 1. The maximum Gasteiger partial charge on any atom is 0.573 e. The molecule has 0 saturated heterocycles. The van der Waals surface area contributed by atoms with Gasteiger partial charge < -0.3 is 9.64 Å². The molecular formula is C26H24F3NOS. The molecule has 4 aromatic rings. The van der Waals surface area contributed by atoms with Gasteiger partial charge in [0.1, 0.15) is 0 Å². The predicted molar refractivity (Wildman–Crippen MR) is 126 cm³/mol. The Bertz CT molecular complexity index is 1260. The number of halogens is 3. The number of hydrogen-bond donors (Lipinski definition) is 0. The lowest BCUT2D eigenvalue weighted by Crippen LogP contribution is -2.19. The molecule has 0 atom stereocenters. The van der Waals surface area contributed by atoms with E-state index in [0.717, 1.165) is 15.8 Å². The van der Waals surface area contributed by atoms with Crippen molar-refractivity contribution in [3.63, 3.8) is 0 Å². The van der Waals surface area contributed by atoms with Crippen LogP contribution in [0.4, 0.5) is 24.5 Å². The summed E-state index contributed by atoms with van der Waals surface area (Å²) in [6, 6.07) is 18.9. The van der Waals surface area contributed by atoms with Crippen LogP contribution in [-0.2, 0) is 0 Å². The van der Waals surface area contributed by atoms with Crippen LogP contribution in [0.1, 0.15) is 43.6 Å². The first kappa shape index (κ1) is 21.1. The molecule has 3 aromatic carbocycles. The minimum Gasteiger partial charge on any atom is -0.404 e. The van der Waals surface area contributed by atoms with Gasteiger partial charge in [-0.05, 0) is 42.5 Å². The zero-order valence-electron chi connectivity index (χ0n) is 17.8. The van der Waals surface area contributed by atoms with Crippen molar-refractivity contribution in [2.75, 3.05) is 11.9 Å². The standard InChI is InChI=1S/C26H24F3NOS/c1-30(21-14-5-6-16-23(21)31-26(27,28)29)22-15-8-13-20-19-12-7-11-18(24(19)32-25(20)22)17-9-3-2-4-10-17/h5-8,11-17H,2-4,9-10H2,1H3. The summed E-state index contributed by atoms with van der Waals surface area (Å²) in [6.07, 6.45) is 1.57. The van der Waals surface area contributed by atoms with Gasteiger partial charge in [0.15, 0.2) is 5.75 Å². The van der Waals surface area contributed by atoms with E-state index >= 15 is 0 Å². The topological polar surface area (TPSA) is 12.5 Å². The lowest BCUT2D eigenvalue weighted by molar-refractivity contribution is -0.274. The number of hydrogen-bond acceptors (Lipinski definition) is 3. The van der Waals surface area contributed by atoms with Crippen molar-refractivity contribution in [3.05, 3.63) is 66.2 Å². The number of anilines is 2. The molecule has 0 unspecified atom stereocenters. The van der Waals surface area contributed by atoms with Gasteiger partial charge in [-0.25, -0.2) is 0 Å². The fraction of sp³-hybridized carbons (Fsp3) is 0.308. The Morgan fingerprint density at radius 1 is 0.812 bits per heavy atom. The number of ether oxygens (including phenoxy) is 1. The molecule has 0 spiro atoms. The van der Waals surface area contributed by atoms with Crippen molar-refractivity contribution in [3.8, 4) is 5.75 Å². The monoisotopic (exact) mass is 455 g/mol. The SMILES string of the molecule is CN(c1ccccc1OC(F)(F)F)c1cccc2c1sc1c(C3CCCCC3)cccc12. The number of fused-ring (bicyclic) bond motifs is 3. The summed E-state index contributed by atoms with van der Waals surface area (Å²) in [6.45, 7) is 0. The third-order valence-electron chi connectivity index (χ3n) is 6.39. The molecule has 0 bridgehead atoms. The Labute approximate surface area is 189 Å². The molecule has 6 heteroatoms. The van der Waals surface area contributed by atoms with Crippen LogP contribution >= 0.6 is 11.3 Å². The second-order valence-electron chi connectivity index (χ2n) is 8.39. The van der Waals surface area contributed by atoms with Gasteiger partial charge in [0.05, 0.1) is 16.1 Å². The highest BCUT2D eigenvalue weighted by Crippen LogP contribution is 2.46. The zero-order chi connectivity index (χ0) is 22.3. The van der Waals surface area contributed by atoms with Crippen molar-refractivity contribution < 1.29 is 17.9 Å². The smallest absolute Gasteiger partial charge is 0.404 e. The molecule has 0 amide bonds. The fourth-order valence-corrected chi connectivity index (χ4v) is 6.34. The van der Waals surface area contributed by atoms with Gasteiger partial charge >= 0.3 is 6.36 Å². The number of thiophene rings is 1. The van der Waals surface area contributed by atoms with Crippen LogP contribution in [0.25, 0.3) is 20.2 Å². The van der Waals surface area contributed by atoms with Crippen LogP contribution in [0.2, 0.25) is 0 Å². The Morgan fingerprint density at radius 3 is 2.22 bits per heavy atom. The van der Waals surface area contributed by atoms with Gasteiger partial charge in [0.25, 0.3) is 0 Å². The van der Waals surface area contributed by atoms with E-state index in [1.165, 1.54) is 53.8 Å². The van der Waals surface area contributed by atoms with E-state index in [1.807, 2.05) is 12.1 Å². The number of rotatable bonds is 4. The molecule has 0 radical (unpaired) electrons. The van der Waals surface area contributed by atoms with Gasteiger partial charge in [0.2, 0.25) is 0 Å². The molecular weight excluding hydrogens is 431 g/mol. The Kier molecular flexibility index (Phi) is 5.49. The second kappa shape index (κ2) is 8.32. The van der Waals surface area contributed by atoms with E-state index in [9.17, 15) is 13.2 Å². The molecule has 0 aliphatic heterocycles. The third-order valence-corrected chi connectivity index (χ3v) is 7.69. The van der Waals surface area contributed by atoms with Crippen molar-refractivity contribution in [1.82, 2.24) is 0 Å². The molecule has 1 heterocycles. The maximum absolute atomic E-state index is 13.0. The molecule has 166 valence electrons. The lowest BCUT2D eigenvalue weighted by atomic mass is 9.84. The van der Waals surface area contributed by atoms with Crippen LogP contribution < -0.4 is 9.64 Å². The summed E-state index contributed by atoms with van der Waals surface area (Å²) < 4.78 is 45.6. The number of benzene rings is 3. The maximum atomic E-state index is 13.0. The molecule has 1 aromatic heterocycles. The molecule has 0 N–H and O–H groups in total. The molecule has 1 saturated carbocycles. The van der Waals surface area contributed by atoms with E-state index in [1.54, 1.807) is 41.5 Å². The molecule has 1 aliphatic carbocycles. The van der Waals surface area contributed by atoms with Crippen LogP contribution in [0.5, 0.6) is 5.75 Å². The van der Waals surface area contributed by atoms with E-state index in [2.05, 4.69) is 29.0 Å². The summed E-state index contributed by atoms with van der Waals surface area (Å²) in [5.74, 6) is 0.381. The zero-order valence-corrected chi connectivity index (χ0v) is 18.6. The van der Waals surface area contributed by atoms with Crippen molar-refractivity contribution in [1.29, 1.82) is 0 Å². The summed E-state index contributed by atoms with van der Waals surface area (Å²) in [5, 5.41) is 2.37. The first-order chi connectivity index (χ1) is 15.4. The van der Waals surface area contributed by atoms with Crippen molar-refractivity contribution in [2.24, 2.45) is 0 Å². The first-order valence-electron chi connectivity index (χ1n) is 10.9. The highest BCUT2D eigenvalue weighted by Gasteiger charge is 2.32. The van der Waals surface area contributed by atoms with Gasteiger partial charge in [-0.2, -0.15) is 0 Å². The minimum atomic E-state index is -4.74. The Balaban J connectivity index is 1.63. The van der Waals surface area contributed by atoms with Gasteiger partial charge in [0, 0.05) is 22.5 Å². The predicted octanol–water partition coefficient (Wildman–Crippen LogP) is 8.77. The molecule has 1 fully saturated rings. The average Bonchev–Trinajstić information content (AvgIpc) is 3.17. The summed E-state index contributed by atoms with van der Waals surface area (Å²) in [7, 11) is 1.79. The highest BCUT2D eigenvalue weighted by molar-refractivity contribution is 7.26. The largest absolute Gasteiger partial charge is 0.573 e. The summed E-state index contributed by atoms with van der Waals surface area (Å²) in [4.78, 5) is 1.79. The average molecular weight is 456 g/mol. The van der Waals surface area contributed by atoms with E-state index in [4.69, 9.17) is 0 Å². The quantitative estimate of drug-likeness (QED) is 0.305. The van der Waals surface area contributed by atoms with Crippen LogP contribution in [0.3, 0.4) is 0 Å². The van der Waals surface area contributed by atoms with Crippen molar-refractivity contribution >= 4 is 42.9 Å². The van der Waals surface area contributed by atoms with E-state index in [-0.39, 0.29) is 5.75 Å². The van der Waals surface area contributed by atoms with Gasteiger partial charge in [-0.15, -0.1) is 24.5 Å². The molecule has 2 nitrogen and oxygen atoms in total. The second-order valence-corrected chi connectivity index (χ2v) is 9.41. The Morgan fingerprint density at radius 2 is 1.47 bits per heavy atom. The van der Waals surface area contributed by atoms with Crippen LogP contribution in [0.15, 0.2) is 60.7 Å². The van der Waals surface area contributed by atoms with Crippen molar-refractivity contribution in [2.45, 2.75) is 44.4 Å². The normalized spacial score (nSPS) is 15.4. The fourth-order valence-electron chi connectivity index (χ4n) is 4.90. The Hall–Kier alpha value is -2.73. The first-order valence-corrected chi connectivity index (χ1v) is 11.8. The van der Waals surface area contributed by atoms with Crippen LogP contribution in [0, 0.1) is 0 Å². The van der Waals surface area contributed by atoms with Gasteiger partial charge in [-0.3, -0.25) is 0 Å². The van der Waals surface area contributed by atoms with E-state index < -0.39 is 6.36 Å². The minimum absolute atomic E-state index is 0.205. The summed E-state index contributed by atoms with van der Waals surface area (Å²) >= 11 is 1.75. The number of alkyl halides is 3. The molecule has 1 aliphatic rings. The highest BCUT2D eigenvalue weighted by atomic mass is 32.1. The van der Waals surface area contributed by atoms with E-state index in [0.29, 0.717) is 11.6 Å². The van der Waals surface area contributed by atoms with Crippen LogP contribution in [-0.4, -0.2) is 13.4 Å².